The maximum atomic E-state index is 13.1. The Morgan fingerprint density at radius 1 is 1.23 bits per heavy atom. The summed E-state index contributed by atoms with van der Waals surface area (Å²) in [6.45, 7) is 4.25. The van der Waals surface area contributed by atoms with Gasteiger partial charge in [0.15, 0.2) is 5.69 Å². The second-order valence-electron chi connectivity index (χ2n) is 7.12. The van der Waals surface area contributed by atoms with Crippen molar-refractivity contribution in [1.29, 1.82) is 0 Å². The molecule has 166 valence electrons. The third-order valence-electron chi connectivity index (χ3n) is 5.10. The zero-order valence-electron chi connectivity index (χ0n) is 16.6. The van der Waals surface area contributed by atoms with Gasteiger partial charge in [-0.1, -0.05) is 12.1 Å². The van der Waals surface area contributed by atoms with E-state index in [1.807, 2.05) is 28.8 Å². The number of halogens is 4. The molecule has 0 unspecified atom stereocenters. The number of carbonyl (C=O) groups is 1. The molecule has 3 heterocycles. The molecule has 1 N–H and O–H groups in total. The van der Waals surface area contributed by atoms with Gasteiger partial charge < -0.3 is 9.30 Å². The zero-order valence-corrected chi connectivity index (χ0v) is 18.2. The van der Waals surface area contributed by atoms with Crippen molar-refractivity contribution in [2.75, 3.05) is 38.2 Å². The molecule has 1 aromatic carbocycles. The smallest absolute Gasteiger partial charge is 0.379 e. The maximum absolute atomic E-state index is 13.1. The average molecular weight is 501 g/mol. The Morgan fingerprint density at radius 2 is 1.94 bits per heavy atom. The van der Waals surface area contributed by atoms with Gasteiger partial charge in [0.05, 0.1) is 28.7 Å². The largest absolute Gasteiger partial charge is 0.436 e. The van der Waals surface area contributed by atoms with Gasteiger partial charge in [0.25, 0.3) is 5.91 Å². The predicted octanol–water partition coefficient (Wildman–Crippen LogP) is 3.14. The van der Waals surface area contributed by atoms with E-state index in [4.69, 9.17) is 4.74 Å². The van der Waals surface area contributed by atoms with Gasteiger partial charge in [-0.25, -0.2) is 4.98 Å². The molecule has 2 aromatic heterocycles. The predicted molar refractivity (Wildman–Crippen MR) is 111 cm³/mol. The molecule has 0 aliphatic carbocycles. The third kappa shape index (κ3) is 4.46. The minimum absolute atomic E-state index is 0.237. The number of aromatic nitrogens is 4. The van der Waals surface area contributed by atoms with Gasteiger partial charge in [-0.15, -0.1) is 0 Å². The first-order valence-corrected chi connectivity index (χ1v) is 10.4. The number of amides is 1. The number of benzene rings is 1. The number of hydrogen-bond acceptors (Lipinski definition) is 5. The topological polar surface area (TPSA) is 77.2 Å². The molecule has 0 saturated carbocycles. The second-order valence-corrected chi connectivity index (χ2v) is 7.91. The number of hydrogen-bond donors (Lipinski definition) is 1. The molecule has 12 heteroatoms. The number of morpholine rings is 1. The Hall–Kier alpha value is -2.44. The summed E-state index contributed by atoms with van der Waals surface area (Å²) in [5, 5.41) is 6.11. The summed E-state index contributed by atoms with van der Waals surface area (Å²) in [6.07, 6.45) is -4.68. The molecule has 1 amide bonds. The molecule has 0 spiro atoms. The number of imidazole rings is 1. The minimum atomic E-state index is -4.68. The maximum Gasteiger partial charge on any atom is 0.436 e. The van der Waals surface area contributed by atoms with Crippen molar-refractivity contribution in [2.45, 2.75) is 12.7 Å². The average Bonchev–Trinajstić information content (AvgIpc) is 3.23. The number of nitrogens with zero attached hydrogens (tertiary/aromatic N) is 5. The van der Waals surface area contributed by atoms with Gasteiger partial charge in [0, 0.05) is 33.2 Å². The summed E-state index contributed by atoms with van der Waals surface area (Å²) >= 11 is 2.88. The molecule has 8 nitrogen and oxygen atoms in total. The first kappa shape index (κ1) is 21.8. The normalized spacial score (nSPS) is 15.5. The molecule has 0 radical (unpaired) electrons. The summed E-state index contributed by atoms with van der Waals surface area (Å²) < 4.78 is 47.2. The van der Waals surface area contributed by atoms with E-state index in [-0.39, 0.29) is 11.6 Å². The lowest BCUT2D eigenvalue weighted by molar-refractivity contribution is -0.142. The summed E-state index contributed by atoms with van der Waals surface area (Å²) in [4.78, 5) is 19.6. The highest BCUT2D eigenvalue weighted by atomic mass is 79.9. The minimum Gasteiger partial charge on any atom is -0.379 e. The number of aryl methyl sites for hydroxylation is 1. The fourth-order valence-corrected chi connectivity index (χ4v) is 4.29. The van der Waals surface area contributed by atoms with Crippen LogP contribution in [0.15, 0.2) is 28.7 Å². The van der Waals surface area contributed by atoms with Crippen LogP contribution < -0.4 is 5.32 Å². The highest BCUT2D eigenvalue weighted by Crippen LogP contribution is 2.35. The van der Waals surface area contributed by atoms with E-state index >= 15 is 0 Å². The second kappa shape index (κ2) is 8.60. The van der Waals surface area contributed by atoms with Crippen LogP contribution in [-0.2, 0) is 24.5 Å². The molecule has 31 heavy (non-hydrogen) atoms. The van der Waals surface area contributed by atoms with Gasteiger partial charge in [0.1, 0.15) is 5.69 Å². The van der Waals surface area contributed by atoms with Crippen molar-refractivity contribution < 1.29 is 22.7 Å². The van der Waals surface area contributed by atoms with Crippen molar-refractivity contribution in [2.24, 2.45) is 7.05 Å². The van der Waals surface area contributed by atoms with E-state index in [9.17, 15) is 18.0 Å². The van der Waals surface area contributed by atoms with Gasteiger partial charge in [-0.2, -0.15) is 18.3 Å². The molecular weight excluding hydrogens is 481 g/mol. The number of alkyl halides is 3. The number of para-hydroxylation sites is 2. The highest BCUT2D eigenvalue weighted by molar-refractivity contribution is 9.10. The van der Waals surface area contributed by atoms with Crippen molar-refractivity contribution >= 4 is 38.8 Å². The molecule has 1 saturated heterocycles. The quantitative estimate of drug-likeness (QED) is 0.582. The summed E-state index contributed by atoms with van der Waals surface area (Å²) in [5.74, 6) is -0.471. The van der Waals surface area contributed by atoms with E-state index in [0.29, 0.717) is 25.3 Å². The van der Waals surface area contributed by atoms with Crippen LogP contribution in [0.4, 0.5) is 19.1 Å². The highest BCUT2D eigenvalue weighted by Gasteiger charge is 2.39. The SMILES string of the molecule is Cn1nc(C(F)(F)F)c(Br)c1C(=O)Nc1nc2ccccc2n1CCN1CCOCC1. The number of carbonyl (C=O) groups excluding carboxylic acids is 1. The molecule has 3 aromatic rings. The first-order chi connectivity index (χ1) is 14.8. The lowest BCUT2D eigenvalue weighted by atomic mass is 10.3. The van der Waals surface area contributed by atoms with Crippen molar-refractivity contribution in [3.8, 4) is 0 Å². The first-order valence-electron chi connectivity index (χ1n) is 9.62. The van der Waals surface area contributed by atoms with Gasteiger partial charge in [-0.05, 0) is 28.1 Å². The zero-order chi connectivity index (χ0) is 22.2. The Bertz CT molecular complexity index is 1100. The van der Waals surface area contributed by atoms with Crippen LogP contribution in [0.1, 0.15) is 16.2 Å². The summed E-state index contributed by atoms with van der Waals surface area (Å²) in [6, 6.07) is 7.41. The third-order valence-corrected chi connectivity index (χ3v) is 5.85. The van der Waals surface area contributed by atoms with Gasteiger partial charge in [-0.3, -0.25) is 19.7 Å². The van der Waals surface area contributed by atoms with E-state index in [1.54, 1.807) is 0 Å². The number of nitrogens with one attached hydrogen (secondary N) is 1. The van der Waals surface area contributed by atoms with Crippen LogP contribution >= 0.6 is 15.9 Å². The van der Waals surface area contributed by atoms with Crippen LogP contribution in [0, 0.1) is 0 Å². The fraction of sp³-hybridized carbons (Fsp3) is 0.421. The fourth-order valence-electron chi connectivity index (χ4n) is 3.55. The van der Waals surface area contributed by atoms with Crippen LogP contribution in [0.3, 0.4) is 0 Å². The molecule has 1 aliphatic heterocycles. The van der Waals surface area contributed by atoms with Crippen LogP contribution in [0.5, 0.6) is 0 Å². The lowest BCUT2D eigenvalue weighted by Crippen LogP contribution is -2.38. The monoisotopic (exact) mass is 500 g/mol. The van der Waals surface area contributed by atoms with Crippen LogP contribution in [0.25, 0.3) is 11.0 Å². The number of anilines is 1. The van der Waals surface area contributed by atoms with E-state index < -0.39 is 22.3 Å². The number of ether oxygens (including phenoxy) is 1. The molecule has 1 fully saturated rings. The molecule has 0 atom stereocenters. The van der Waals surface area contributed by atoms with Gasteiger partial charge in [0.2, 0.25) is 5.95 Å². The van der Waals surface area contributed by atoms with Crippen LogP contribution in [0.2, 0.25) is 0 Å². The van der Waals surface area contributed by atoms with Crippen molar-refractivity contribution in [1.82, 2.24) is 24.2 Å². The molecular formula is C19H20BrF3N6O2. The van der Waals surface area contributed by atoms with E-state index in [1.165, 1.54) is 7.05 Å². The molecule has 4 rings (SSSR count). The Kier molecular flexibility index (Phi) is 6.04. The summed E-state index contributed by atoms with van der Waals surface area (Å²) in [5.41, 5.74) is 0.117. The standard InChI is InChI=1S/C19H20BrF3N6O2/c1-27-15(14(20)16(26-27)19(21,22)23)17(30)25-18-24-12-4-2-3-5-13(12)29(18)7-6-28-8-10-31-11-9-28/h2-5H,6-11H2,1H3,(H,24,25,30). The number of fused-ring (bicyclic) bond motifs is 1. The molecule has 0 bridgehead atoms. The van der Waals surface area contributed by atoms with E-state index in [2.05, 4.69) is 36.2 Å². The Balaban J connectivity index is 1.62. The molecule has 1 aliphatic rings. The van der Waals surface area contributed by atoms with E-state index in [0.717, 1.165) is 29.8 Å². The van der Waals surface area contributed by atoms with Crippen LogP contribution in [-0.4, -0.2) is 63.0 Å². The van der Waals surface area contributed by atoms with Crippen molar-refractivity contribution in [3.05, 3.63) is 40.1 Å². The Morgan fingerprint density at radius 3 is 2.61 bits per heavy atom. The Labute approximate surface area is 184 Å². The van der Waals surface area contributed by atoms with Gasteiger partial charge >= 0.3 is 6.18 Å². The summed E-state index contributed by atoms with van der Waals surface area (Å²) in [7, 11) is 1.29. The lowest BCUT2D eigenvalue weighted by Gasteiger charge is -2.26. The van der Waals surface area contributed by atoms with Crippen molar-refractivity contribution in [3.63, 3.8) is 0 Å². The number of rotatable bonds is 5.